The Bertz CT molecular complexity index is 542. The zero-order valence-electron chi connectivity index (χ0n) is 9.43. The SMILES string of the molecule is O=C(O)[C@@H]1C[C@@H](O)CN1S(=O)(=O)c1ccccc1. The summed E-state index contributed by atoms with van der Waals surface area (Å²) in [7, 11) is -3.87. The van der Waals surface area contributed by atoms with Crippen molar-refractivity contribution < 1.29 is 23.4 Å². The van der Waals surface area contributed by atoms with Crippen molar-refractivity contribution in [2.45, 2.75) is 23.5 Å². The van der Waals surface area contributed by atoms with Gasteiger partial charge in [0.1, 0.15) is 6.04 Å². The smallest absolute Gasteiger partial charge is 0.322 e. The monoisotopic (exact) mass is 271 g/mol. The predicted octanol–water partition coefficient (Wildman–Crippen LogP) is -0.105. The van der Waals surface area contributed by atoms with Crippen LogP contribution in [0.3, 0.4) is 0 Å². The van der Waals surface area contributed by atoms with Gasteiger partial charge < -0.3 is 10.2 Å². The van der Waals surface area contributed by atoms with Crippen LogP contribution in [-0.4, -0.2) is 47.6 Å². The number of carboxylic acids is 1. The summed E-state index contributed by atoms with van der Waals surface area (Å²) in [4.78, 5) is 11.1. The molecule has 1 saturated heterocycles. The number of carboxylic acid groups (broad SMARTS) is 1. The first-order valence-electron chi connectivity index (χ1n) is 5.40. The van der Waals surface area contributed by atoms with Crippen LogP contribution in [0.1, 0.15) is 6.42 Å². The Balaban J connectivity index is 2.38. The molecule has 0 aromatic heterocycles. The highest BCUT2D eigenvalue weighted by Gasteiger charge is 2.43. The molecule has 0 bridgehead atoms. The fourth-order valence-corrected chi connectivity index (χ4v) is 3.65. The molecule has 0 radical (unpaired) electrons. The van der Waals surface area contributed by atoms with Crippen molar-refractivity contribution in [1.29, 1.82) is 0 Å². The van der Waals surface area contributed by atoms with Crippen molar-refractivity contribution in [3.8, 4) is 0 Å². The summed E-state index contributed by atoms with van der Waals surface area (Å²) >= 11 is 0. The third-order valence-electron chi connectivity index (χ3n) is 2.87. The molecular formula is C11H13NO5S. The summed E-state index contributed by atoms with van der Waals surface area (Å²) in [6, 6.07) is 6.40. The summed E-state index contributed by atoms with van der Waals surface area (Å²) in [5.41, 5.74) is 0. The zero-order chi connectivity index (χ0) is 13.3. The molecule has 18 heavy (non-hydrogen) atoms. The van der Waals surface area contributed by atoms with Crippen LogP contribution in [0.5, 0.6) is 0 Å². The average molecular weight is 271 g/mol. The number of benzene rings is 1. The molecule has 0 unspecified atom stereocenters. The number of rotatable bonds is 3. The third-order valence-corrected chi connectivity index (χ3v) is 4.76. The highest BCUT2D eigenvalue weighted by molar-refractivity contribution is 7.89. The fraction of sp³-hybridized carbons (Fsp3) is 0.364. The van der Waals surface area contributed by atoms with E-state index in [4.69, 9.17) is 5.11 Å². The van der Waals surface area contributed by atoms with Gasteiger partial charge in [-0.1, -0.05) is 18.2 Å². The van der Waals surface area contributed by atoms with E-state index in [1.807, 2.05) is 0 Å². The number of aliphatic hydroxyl groups excluding tert-OH is 1. The summed E-state index contributed by atoms with van der Waals surface area (Å²) in [5, 5.41) is 18.5. The Morgan fingerprint density at radius 1 is 1.28 bits per heavy atom. The van der Waals surface area contributed by atoms with Gasteiger partial charge in [0.25, 0.3) is 0 Å². The summed E-state index contributed by atoms with van der Waals surface area (Å²) in [5.74, 6) is -1.24. The number of aliphatic carboxylic acids is 1. The second-order valence-corrected chi connectivity index (χ2v) is 6.02. The van der Waals surface area contributed by atoms with Crippen LogP contribution >= 0.6 is 0 Å². The molecule has 2 N–H and O–H groups in total. The molecule has 2 rings (SSSR count). The first-order valence-corrected chi connectivity index (χ1v) is 6.84. The first-order chi connectivity index (χ1) is 8.43. The number of hydrogen-bond acceptors (Lipinski definition) is 4. The molecule has 6 nitrogen and oxygen atoms in total. The van der Waals surface area contributed by atoms with E-state index in [1.54, 1.807) is 18.2 Å². The van der Waals surface area contributed by atoms with Gasteiger partial charge in [-0.2, -0.15) is 4.31 Å². The van der Waals surface area contributed by atoms with Gasteiger partial charge in [0, 0.05) is 13.0 Å². The molecule has 2 atom stereocenters. The second kappa shape index (κ2) is 4.68. The van der Waals surface area contributed by atoms with Gasteiger partial charge in [0.2, 0.25) is 10.0 Å². The number of carbonyl (C=O) groups is 1. The topological polar surface area (TPSA) is 94.9 Å². The maximum atomic E-state index is 12.2. The summed E-state index contributed by atoms with van der Waals surface area (Å²) < 4.78 is 25.3. The van der Waals surface area contributed by atoms with Crippen molar-refractivity contribution >= 4 is 16.0 Å². The van der Waals surface area contributed by atoms with Gasteiger partial charge >= 0.3 is 5.97 Å². The lowest BCUT2D eigenvalue weighted by Crippen LogP contribution is -2.40. The molecule has 0 amide bonds. The first kappa shape index (κ1) is 13.0. The van der Waals surface area contributed by atoms with E-state index in [1.165, 1.54) is 12.1 Å². The highest BCUT2D eigenvalue weighted by Crippen LogP contribution is 2.26. The van der Waals surface area contributed by atoms with Gasteiger partial charge in [-0.3, -0.25) is 4.79 Å². The Morgan fingerprint density at radius 2 is 1.89 bits per heavy atom. The molecule has 1 aliphatic heterocycles. The van der Waals surface area contributed by atoms with Crippen molar-refractivity contribution in [2.24, 2.45) is 0 Å². The van der Waals surface area contributed by atoms with E-state index < -0.39 is 28.1 Å². The third kappa shape index (κ3) is 2.24. The summed E-state index contributed by atoms with van der Waals surface area (Å²) in [6.45, 7) is -0.186. The van der Waals surface area contributed by atoms with E-state index in [2.05, 4.69) is 0 Å². The molecule has 0 spiro atoms. The van der Waals surface area contributed by atoms with Crippen LogP contribution in [0.25, 0.3) is 0 Å². The van der Waals surface area contributed by atoms with E-state index >= 15 is 0 Å². The van der Waals surface area contributed by atoms with Crippen LogP contribution < -0.4 is 0 Å². The normalized spacial score (nSPS) is 25.2. The lowest BCUT2D eigenvalue weighted by Gasteiger charge is -2.20. The zero-order valence-corrected chi connectivity index (χ0v) is 10.2. The van der Waals surface area contributed by atoms with Crippen LogP contribution in [0, 0.1) is 0 Å². The lowest BCUT2D eigenvalue weighted by molar-refractivity contribution is -0.140. The molecule has 1 fully saturated rings. The molecule has 1 aromatic carbocycles. The van der Waals surface area contributed by atoms with E-state index in [-0.39, 0.29) is 17.9 Å². The van der Waals surface area contributed by atoms with Crippen LogP contribution in [0.15, 0.2) is 35.2 Å². The summed E-state index contributed by atoms with van der Waals surface area (Å²) in [6.07, 6.45) is -1.02. The van der Waals surface area contributed by atoms with Crippen molar-refractivity contribution in [3.05, 3.63) is 30.3 Å². The molecule has 98 valence electrons. The van der Waals surface area contributed by atoms with E-state index in [9.17, 15) is 18.3 Å². The number of β-amino-alcohol motifs (C(OH)–C–C–N with tert-alkyl or cyclic N) is 1. The second-order valence-electron chi connectivity index (χ2n) is 4.13. The number of aliphatic hydroxyl groups is 1. The highest BCUT2D eigenvalue weighted by atomic mass is 32.2. The number of nitrogens with zero attached hydrogens (tertiary/aromatic N) is 1. The number of sulfonamides is 1. The quantitative estimate of drug-likeness (QED) is 0.800. The number of hydrogen-bond donors (Lipinski definition) is 2. The molecule has 1 aromatic rings. The van der Waals surface area contributed by atoms with Crippen molar-refractivity contribution in [2.75, 3.05) is 6.54 Å². The Labute approximate surface area is 105 Å². The van der Waals surface area contributed by atoms with Gasteiger partial charge in [-0.25, -0.2) is 8.42 Å². The molecular weight excluding hydrogens is 258 g/mol. The molecule has 0 aliphatic carbocycles. The molecule has 1 aliphatic rings. The van der Waals surface area contributed by atoms with Crippen LogP contribution in [-0.2, 0) is 14.8 Å². The average Bonchev–Trinajstić information content (AvgIpc) is 2.73. The van der Waals surface area contributed by atoms with E-state index in [0.29, 0.717) is 0 Å². The predicted molar refractivity (Wildman–Crippen MR) is 62.4 cm³/mol. The Kier molecular flexibility index (Phi) is 3.38. The molecule has 7 heteroatoms. The van der Waals surface area contributed by atoms with Crippen molar-refractivity contribution in [3.63, 3.8) is 0 Å². The van der Waals surface area contributed by atoms with E-state index in [0.717, 1.165) is 4.31 Å². The molecule has 1 heterocycles. The minimum atomic E-state index is -3.87. The fourth-order valence-electron chi connectivity index (χ4n) is 2.00. The van der Waals surface area contributed by atoms with Gasteiger partial charge in [-0.15, -0.1) is 0 Å². The Hall–Kier alpha value is -1.44. The minimum absolute atomic E-state index is 0.0327. The standard InChI is InChI=1S/C11H13NO5S/c13-8-6-10(11(14)15)12(7-8)18(16,17)9-4-2-1-3-5-9/h1-5,8,10,13H,6-7H2,(H,14,15)/t8-,10+/m1/s1. The van der Waals surface area contributed by atoms with Crippen LogP contribution in [0.2, 0.25) is 0 Å². The van der Waals surface area contributed by atoms with Gasteiger partial charge in [0.05, 0.1) is 11.0 Å². The maximum absolute atomic E-state index is 12.2. The maximum Gasteiger partial charge on any atom is 0.322 e. The van der Waals surface area contributed by atoms with Gasteiger partial charge in [0.15, 0.2) is 0 Å². The van der Waals surface area contributed by atoms with Gasteiger partial charge in [-0.05, 0) is 12.1 Å². The largest absolute Gasteiger partial charge is 0.480 e. The van der Waals surface area contributed by atoms with Crippen molar-refractivity contribution in [1.82, 2.24) is 4.31 Å². The lowest BCUT2D eigenvalue weighted by atomic mass is 10.2. The van der Waals surface area contributed by atoms with Crippen LogP contribution in [0.4, 0.5) is 0 Å². The minimum Gasteiger partial charge on any atom is -0.480 e. The molecule has 0 saturated carbocycles. The Morgan fingerprint density at radius 3 is 2.44 bits per heavy atom.